The van der Waals surface area contributed by atoms with Crippen LogP contribution in [0.1, 0.15) is 37.2 Å². The highest BCUT2D eigenvalue weighted by atomic mass is 32.2. The molecule has 2 saturated carbocycles. The number of hydrogen-bond donors (Lipinski definition) is 23. The number of aliphatic hydroxyl groups excluding tert-OH is 8. The summed E-state index contributed by atoms with van der Waals surface area (Å²) in [6.07, 6.45) is -17.5. The number of carbonyl (C=O) groups excluding carboxylic acids is 4. The lowest BCUT2D eigenvalue weighted by atomic mass is 9.54. The van der Waals surface area contributed by atoms with Gasteiger partial charge in [0.25, 0.3) is 15.9 Å². The number of aliphatic imine (C=N–C) groups is 1. The van der Waals surface area contributed by atoms with Crippen LogP contribution < -0.4 is 54.9 Å². The number of hydrogen-bond acceptors (Lipinski definition) is 32. The molecular formula is C59H82N14O25S2. The average Bonchev–Trinajstić information content (AvgIpc) is 0.859. The van der Waals surface area contributed by atoms with Crippen LogP contribution in [-0.2, 0) is 63.8 Å². The van der Waals surface area contributed by atoms with Crippen molar-refractivity contribution < 1.29 is 121 Å². The molecule has 20 atom stereocenters. The zero-order chi connectivity index (χ0) is 75.0. The Hall–Kier alpha value is -8.57. The first-order valence-corrected chi connectivity index (χ1v) is 33.1. The quantitative estimate of drug-likeness (QED) is 0.0173. The van der Waals surface area contributed by atoms with Gasteiger partial charge in [0.15, 0.2) is 53.6 Å². The van der Waals surface area contributed by atoms with Crippen LogP contribution >= 0.6 is 0 Å². The SMILES string of the molecule is CN(C)[C@@H]1C(=O)C(C(N)=O)=C(O)[C@@]2(O)C(=O)C3=C(O)c4c(O)cccc4[C@@](C)(O)[C@H]3C[C@@H]12.CN[C@@H]1[C@H](O[C@H]2[C@H](O[C@H]3[C@H](O)[C@@H](O)[C@H](N=C(N)N)[C@@H](O)[C@@H]3NC(=N)N)O[C@@H](C)[C@]2(O)C=O)O[C@@H](CO)[C@H](O)[C@H]1O.Cc1cc(NS(=O)(=O)c2ccc(N)cc2)no1.Nc1ccc(S(N)(=O)=O)cc1. The number of nitrogen functional groups attached to an aromatic ring is 2. The third-order valence-corrected chi connectivity index (χ3v) is 20.0. The Bertz CT molecular complexity index is 4030. The number of aromatic hydroxyl groups is 1. The zero-order valence-corrected chi connectivity index (χ0v) is 55.7. The van der Waals surface area contributed by atoms with E-state index in [2.05, 4.69) is 25.5 Å². The van der Waals surface area contributed by atoms with Gasteiger partial charge in [-0.25, -0.2) is 27.0 Å². The molecule has 0 radical (unpaired) electrons. The fourth-order valence-electron chi connectivity index (χ4n) is 12.5. The molecule has 1 aromatic heterocycles. The number of fused-ring (bicyclic) bond motifs is 3. The average molecular weight is 1450 g/mol. The lowest BCUT2D eigenvalue weighted by Crippen LogP contribution is -2.70. The lowest BCUT2D eigenvalue weighted by Gasteiger charge is -2.53. The van der Waals surface area contributed by atoms with Crippen LogP contribution in [0, 0.1) is 24.2 Å². The van der Waals surface area contributed by atoms with Gasteiger partial charge in [0.1, 0.15) is 83.5 Å². The Kier molecular flexibility index (Phi) is 23.9. The predicted molar refractivity (Wildman–Crippen MR) is 347 cm³/mol. The highest BCUT2D eigenvalue weighted by molar-refractivity contribution is 7.92. The van der Waals surface area contributed by atoms with Gasteiger partial charge < -0.3 is 130 Å². The van der Waals surface area contributed by atoms with E-state index in [0.717, 1.165) is 0 Å². The van der Waals surface area contributed by atoms with Crippen molar-refractivity contribution in [2.24, 2.45) is 44.9 Å². The van der Waals surface area contributed by atoms with E-state index in [4.69, 9.17) is 68.4 Å². The molecule has 2 saturated heterocycles. The van der Waals surface area contributed by atoms with Crippen LogP contribution in [0.25, 0.3) is 5.76 Å². The lowest BCUT2D eigenvalue weighted by molar-refractivity contribution is -0.314. The second kappa shape index (κ2) is 30.3. The highest BCUT2D eigenvalue weighted by Crippen LogP contribution is 2.57. The van der Waals surface area contributed by atoms with E-state index >= 15 is 0 Å². The summed E-state index contributed by atoms with van der Waals surface area (Å²) in [5, 5.41) is 150. The number of guanidine groups is 2. The molecule has 3 heterocycles. The van der Waals surface area contributed by atoms with Gasteiger partial charge in [0, 0.05) is 34.9 Å². The van der Waals surface area contributed by atoms with Crippen molar-refractivity contribution in [1.82, 2.24) is 20.7 Å². The van der Waals surface area contributed by atoms with Gasteiger partial charge in [-0.15, -0.1) is 0 Å². The number of nitrogens with zero attached hydrogens (tertiary/aromatic N) is 3. The summed E-state index contributed by atoms with van der Waals surface area (Å²) in [4.78, 5) is 56.0. The molecule has 0 unspecified atom stereocenters. The molecule has 4 aromatic rings. The summed E-state index contributed by atoms with van der Waals surface area (Å²) < 4.78 is 75.1. The first kappa shape index (κ1) is 78.8. The number of aryl methyl sites for hydroxylation is 1. The fourth-order valence-corrected chi connectivity index (χ4v) is 14.0. The van der Waals surface area contributed by atoms with E-state index in [1.165, 1.54) is 113 Å². The zero-order valence-electron chi connectivity index (χ0n) is 54.1. The van der Waals surface area contributed by atoms with Gasteiger partial charge in [-0.05, 0) is 108 Å². The number of Topliss-reactive ketones (excluding diaryl/α,β-unsaturated/α-hetero) is 2. The largest absolute Gasteiger partial charge is 0.508 e. The van der Waals surface area contributed by atoms with E-state index in [-0.39, 0.29) is 39.4 Å². The van der Waals surface area contributed by atoms with Gasteiger partial charge in [-0.2, -0.15) is 0 Å². The van der Waals surface area contributed by atoms with E-state index in [0.29, 0.717) is 17.1 Å². The van der Waals surface area contributed by atoms with E-state index in [9.17, 15) is 97.3 Å². The summed E-state index contributed by atoms with van der Waals surface area (Å²) in [5.74, 6) is -8.38. The van der Waals surface area contributed by atoms with Crippen molar-refractivity contribution in [3.63, 3.8) is 0 Å². The number of likely N-dealkylation sites (N-methyl/N-ethyl adjacent to an activating group) is 2. The molecule has 30 N–H and O–H groups in total. The minimum atomic E-state index is -3.64. The molecule has 4 fully saturated rings. The van der Waals surface area contributed by atoms with Gasteiger partial charge in [0.2, 0.25) is 15.8 Å². The van der Waals surface area contributed by atoms with Crippen molar-refractivity contribution in [2.75, 3.05) is 43.9 Å². The fraction of sp³-hybridized carbons (Fsp3) is 0.475. The highest BCUT2D eigenvalue weighted by Gasteiger charge is 2.67. The number of aliphatic hydroxyl groups is 11. The molecule has 2 aliphatic heterocycles. The molecule has 1 amide bonds. The Morgan fingerprint density at radius 1 is 0.840 bits per heavy atom. The summed E-state index contributed by atoms with van der Waals surface area (Å²) in [6.45, 7) is 3.69. The summed E-state index contributed by atoms with van der Waals surface area (Å²) in [6, 6.07) is 12.1. The maximum absolute atomic E-state index is 13.7. The number of sulfonamides is 2. The Labute approximate surface area is 570 Å². The monoisotopic (exact) mass is 1450 g/mol. The number of anilines is 3. The van der Waals surface area contributed by atoms with Gasteiger partial charge in [-0.1, -0.05) is 17.3 Å². The maximum atomic E-state index is 13.7. The van der Waals surface area contributed by atoms with Crippen molar-refractivity contribution in [3.05, 3.63) is 107 Å². The van der Waals surface area contributed by atoms with Crippen LogP contribution in [0.2, 0.25) is 0 Å². The molecular weight excluding hydrogens is 1370 g/mol. The normalized spacial score (nSPS) is 33.1. The van der Waals surface area contributed by atoms with Crippen LogP contribution in [-0.4, -0.2) is 254 Å². The van der Waals surface area contributed by atoms with Gasteiger partial charge in [0.05, 0.1) is 51.8 Å². The van der Waals surface area contributed by atoms with Crippen molar-refractivity contribution in [3.8, 4) is 5.75 Å². The van der Waals surface area contributed by atoms with E-state index in [1.807, 2.05) is 0 Å². The van der Waals surface area contributed by atoms with Crippen molar-refractivity contribution >= 4 is 78.7 Å². The van der Waals surface area contributed by atoms with Gasteiger partial charge in [-0.3, -0.25) is 34.2 Å². The number of primary amides is 1. The molecule has 10 rings (SSSR count). The van der Waals surface area contributed by atoms with Crippen LogP contribution in [0.4, 0.5) is 17.2 Å². The van der Waals surface area contributed by atoms with Crippen LogP contribution in [0.15, 0.2) is 109 Å². The van der Waals surface area contributed by atoms with Crippen LogP contribution in [0.5, 0.6) is 5.75 Å². The summed E-state index contributed by atoms with van der Waals surface area (Å²) in [5.41, 5.74) is 25.1. The predicted octanol–water partition coefficient (Wildman–Crippen LogP) is -7.04. The number of rotatable bonds is 15. The van der Waals surface area contributed by atoms with Crippen molar-refractivity contribution in [1.29, 1.82) is 5.41 Å². The standard InChI is InChI=1S/C22H24N2O8.C21H39N7O12.C10H11N3O3S.C6H8N2O2S/c1-21(31)8-5-4-6-11(25)12(8)16(26)13-9(21)7-10-15(24(2)3)17(27)14(20(23)30)19(29)22(10,32)18(13)28;1-5-21(36,4-30)16(40-17-9(26-2)13(34)10(31)6(3-29)38-17)18(37-5)39-15-8(28-20(24)25)11(32)7(27-19(22)23)12(33)14(15)35;1-7-6-10(12-16-7)13-17(14,15)9-4-2-8(11)3-5-9;7-5-1-3-6(4-2-5)11(8,9)10/h4-6,9-10,15,25-26,29,31-32H,7H2,1-3H3,(H2,23,30);4-18,26,29,31-36H,3H2,1-2H3,(H4,22,23,27)(H4,24,25,28);2-6H,11H2,1H3,(H,12,13);1-4H,7H2,(H2,8,9,10)/t9-,10-,15-,21+,22-;5-,6-,7+,8-,9-,10-,11+,12-,13-,14+,15+,16-,17-,18-,21+;;/m00../s1. The number of nitrogens with one attached hydrogen (secondary N) is 4. The number of nitrogens with two attached hydrogens (primary N) is 7. The minimum absolute atomic E-state index is 0.0756. The van der Waals surface area contributed by atoms with Crippen LogP contribution in [0.3, 0.4) is 0 Å². The Balaban J connectivity index is 0.000000206. The number of benzene rings is 3. The Morgan fingerprint density at radius 3 is 1.93 bits per heavy atom. The first-order valence-electron chi connectivity index (χ1n) is 30.0. The number of ether oxygens (including phenoxy) is 4. The second-order valence-electron chi connectivity index (χ2n) is 24.5. The minimum Gasteiger partial charge on any atom is -0.508 e. The molecule has 0 bridgehead atoms. The number of aldehydes is 1. The molecule has 100 heavy (non-hydrogen) atoms. The summed E-state index contributed by atoms with van der Waals surface area (Å²) in [7, 11) is -2.80. The molecule has 41 heteroatoms. The summed E-state index contributed by atoms with van der Waals surface area (Å²) >= 11 is 0. The third kappa shape index (κ3) is 15.5. The molecule has 3 aromatic carbocycles. The maximum Gasteiger partial charge on any atom is 0.263 e. The molecule has 6 aliphatic rings. The number of amides is 1. The topological polar surface area (TPSA) is 700 Å². The number of phenolic OH excluding ortho intramolecular Hbond substituents is 1. The molecule has 4 aliphatic carbocycles. The number of primary sulfonamides is 1. The van der Waals surface area contributed by atoms with Crippen molar-refractivity contribution in [2.45, 2.75) is 145 Å². The Morgan fingerprint density at radius 2 is 1.43 bits per heavy atom. The molecule has 550 valence electrons. The van der Waals surface area contributed by atoms with Gasteiger partial charge >= 0.3 is 0 Å². The second-order valence-corrected chi connectivity index (χ2v) is 27.7. The number of ketones is 2. The number of phenols is 1. The third-order valence-electron chi connectivity index (χ3n) is 17.7. The first-order chi connectivity index (χ1) is 46.5. The van der Waals surface area contributed by atoms with E-state index in [1.54, 1.807) is 6.92 Å². The number of aromatic nitrogens is 1. The smallest absolute Gasteiger partial charge is 0.263 e. The molecule has 39 nitrogen and oxygen atoms in total. The molecule has 0 spiro atoms. The number of carbonyl (C=O) groups is 4. The van der Waals surface area contributed by atoms with E-state index < -0.39 is 205 Å².